The molecule has 2 aliphatic rings. The van der Waals surface area contributed by atoms with E-state index < -0.39 is 0 Å². The van der Waals surface area contributed by atoms with Gasteiger partial charge in [0.25, 0.3) is 0 Å². The normalized spacial score (nSPS) is 25.9. The van der Waals surface area contributed by atoms with Crippen molar-refractivity contribution in [1.29, 1.82) is 0 Å². The van der Waals surface area contributed by atoms with Crippen LogP contribution in [0, 0.1) is 5.92 Å². The summed E-state index contributed by atoms with van der Waals surface area (Å²) < 4.78 is 10.5. The number of nitrogens with zero attached hydrogens (tertiary/aromatic N) is 1. The van der Waals surface area contributed by atoms with E-state index in [1.807, 2.05) is 37.3 Å². The summed E-state index contributed by atoms with van der Waals surface area (Å²) in [6.45, 7) is 3.85. The Hall–Kier alpha value is -2.08. The molecule has 130 valence electrons. The highest BCUT2D eigenvalue weighted by Gasteiger charge is 2.45. The topological polar surface area (TPSA) is 72.5 Å². The molecule has 1 amide bonds. The molecule has 0 aromatic heterocycles. The van der Waals surface area contributed by atoms with Crippen molar-refractivity contribution in [2.24, 2.45) is 5.92 Å². The van der Waals surface area contributed by atoms with Gasteiger partial charge in [0.1, 0.15) is 12.6 Å². The minimum absolute atomic E-state index is 0.125. The van der Waals surface area contributed by atoms with Crippen molar-refractivity contribution in [1.82, 2.24) is 4.90 Å². The van der Waals surface area contributed by atoms with Crippen LogP contribution in [0.2, 0.25) is 0 Å². The zero-order valence-corrected chi connectivity index (χ0v) is 14.0. The van der Waals surface area contributed by atoms with Gasteiger partial charge in [0.05, 0.1) is 13.2 Å². The quantitative estimate of drug-likeness (QED) is 0.832. The lowest BCUT2D eigenvalue weighted by Crippen LogP contribution is -2.95. The van der Waals surface area contributed by atoms with E-state index in [1.165, 1.54) is 0 Å². The van der Waals surface area contributed by atoms with Gasteiger partial charge in [-0.3, -0.25) is 0 Å². The number of likely N-dealkylation sites (tertiary alicyclic amines) is 1. The summed E-state index contributed by atoms with van der Waals surface area (Å²) in [6, 6.07) is 9.81. The number of ether oxygens (including phenoxy) is 2. The van der Waals surface area contributed by atoms with E-state index in [9.17, 15) is 9.59 Å². The third-order valence-electron chi connectivity index (χ3n) is 4.90. The van der Waals surface area contributed by atoms with E-state index in [1.54, 1.807) is 4.90 Å². The molecule has 0 bridgehead atoms. The monoisotopic (exact) mass is 333 g/mol. The lowest BCUT2D eigenvalue weighted by Gasteiger charge is -2.31. The molecular weight excluding hydrogens is 308 g/mol. The number of piperidine rings is 1. The Kier molecular flexibility index (Phi) is 5.35. The Labute approximate surface area is 142 Å². The number of hydrogen-bond acceptors (Lipinski definition) is 4. The molecule has 2 saturated heterocycles. The average molecular weight is 333 g/mol. The molecule has 24 heavy (non-hydrogen) atoms. The predicted molar refractivity (Wildman–Crippen MR) is 87.1 cm³/mol. The fourth-order valence-corrected chi connectivity index (χ4v) is 3.64. The summed E-state index contributed by atoms with van der Waals surface area (Å²) in [5.74, 6) is 0.336. The first-order chi connectivity index (χ1) is 11.7. The van der Waals surface area contributed by atoms with Crippen LogP contribution >= 0.6 is 0 Å². The molecule has 3 rings (SSSR count). The average Bonchev–Trinajstić information content (AvgIpc) is 3.04. The Morgan fingerprint density at radius 3 is 2.79 bits per heavy atom. The molecule has 0 aliphatic carbocycles. The van der Waals surface area contributed by atoms with Crippen LogP contribution in [0.25, 0.3) is 0 Å². The van der Waals surface area contributed by atoms with E-state index in [-0.39, 0.29) is 24.1 Å². The fourth-order valence-electron chi connectivity index (χ4n) is 3.64. The van der Waals surface area contributed by atoms with Gasteiger partial charge in [0.15, 0.2) is 6.04 Å². The van der Waals surface area contributed by atoms with Crippen LogP contribution in [0.3, 0.4) is 0 Å². The molecular formula is C18H25N2O4+. The Morgan fingerprint density at radius 2 is 2.04 bits per heavy atom. The maximum Gasteiger partial charge on any atom is 0.410 e. The number of hydrogen-bond donors (Lipinski definition) is 1. The Morgan fingerprint density at radius 1 is 1.25 bits per heavy atom. The maximum atomic E-state index is 12.3. The van der Waals surface area contributed by atoms with E-state index >= 15 is 0 Å². The van der Waals surface area contributed by atoms with Crippen LogP contribution in [0.4, 0.5) is 4.79 Å². The molecule has 0 unspecified atom stereocenters. The summed E-state index contributed by atoms with van der Waals surface area (Å²) >= 11 is 0. The van der Waals surface area contributed by atoms with E-state index in [0.29, 0.717) is 32.2 Å². The third-order valence-corrected chi connectivity index (χ3v) is 4.90. The van der Waals surface area contributed by atoms with Crippen LogP contribution in [0.1, 0.15) is 25.3 Å². The molecule has 6 nitrogen and oxygen atoms in total. The van der Waals surface area contributed by atoms with Crippen molar-refractivity contribution in [3.8, 4) is 0 Å². The highest BCUT2D eigenvalue weighted by atomic mass is 16.6. The molecule has 3 atom stereocenters. The van der Waals surface area contributed by atoms with Crippen molar-refractivity contribution in [3.63, 3.8) is 0 Å². The largest absolute Gasteiger partial charge is 0.462 e. The van der Waals surface area contributed by atoms with Gasteiger partial charge < -0.3 is 19.7 Å². The van der Waals surface area contributed by atoms with Crippen LogP contribution in [-0.4, -0.2) is 48.7 Å². The zero-order chi connectivity index (χ0) is 16.9. The van der Waals surface area contributed by atoms with Crippen LogP contribution in [-0.2, 0) is 20.9 Å². The molecule has 0 radical (unpaired) electrons. The van der Waals surface area contributed by atoms with Gasteiger partial charge >= 0.3 is 12.1 Å². The SMILES string of the molecule is CCOC(=O)[C@@H]1C[C@@H]2CCN(C(=O)OCc3ccccc3)C[C@@H]2[NH2+]1. The molecule has 6 heteroatoms. The highest BCUT2D eigenvalue weighted by Crippen LogP contribution is 2.25. The first kappa shape index (κ1) is 16.8. The van der Waals surface area contributed by atoms with Crippen LogP contribution in [0.15, 0.2) is 30.3 Å². The third kappa shape index (κ3) is 3.87. The lowest BCUT2D eigenvalue weighted by atomic mass is 9.91. The van der Waals surface area contributed by atoms with E-state index in [2.05, 4.69) is 5.32 Å². The standard InChI is InChI=1S/C18H24N2O4/c1-2-23-17(21)15-10-14-8-9-20(11-16(14)19-15)18(22)24-12-13-6-4-3-5-7-13/h3-7,14-16,19H,2,8-12H2,1H3/p+1/t14-,15-,16-/m0/s1. The van der Waals surface area contributed by atoms with Gasteiger partial charge in [-0.05, 0) is 18.9 Å². The lowest BCUT2D eigenvalue weighted by molar-refractivity contribution is -0.694. The van der Waals surface area contributed by atoms with Crippen molar-refractivity contribution >= 4 is 12.1 Å². The van der Waals surface area contributed by atoms with Gasteiger partial charge in [-0.25, -0.2) is 9.59 Å². The van der Waals surface area contributed by atoms with E-state index in [4.69, 9.17) is 9.47 Å². The Bertz CT molecular complexity index is 578. The second-order valence-corrected chi connectivity index (χ2v) is 6.49. The fraction of sp³-hybridized carbons (Fsp3) is 0.556. The second-order valence-electron chi connectivity index (χ2n) is 6.49. The number of carbonyl (C=O) groups is 2. The van der Waals surface area contributed by atoms with Gasteiger partial charge in [-0.15, -0.1) is 0 Å². The number of fused-ring (bicyclic) bond motifs is 1. The zero-order valence-electron chi connectivity index (χ0n) is 14.0. The van der Waals surface area contributed by atoms with Crippen molar-refractivity contribution in [2.75, 3.05) is 19.7 Å². The molecule has 0 spiro atoms. The highest BCUT2D eigenvalue weighted by molar-refractivity contribution is 5.74. The maximum absolute atomic E-state index is 12.3. The molecule has 2 heterocycles. The number of amides is 1. The first-order valence-corrected chi connectivity index (χ1v) is 8.64. The predicted octanol–water partition coefficient (Wildman–Crippen LogP) is 0.913. The second kappa shape index (κ2) is 7.66. The van der Waals surface area contributed by atoms with Gasteiger partial charge in [0.2, 0.25) is 0 Å². The van der Waals surface area contributed by atoms with Crippen molar-refractivity contribution in [3.05, 3.63) is 35.9 Å². The Balaban J connectivity index is 1.49. The summed E-state index contributed by atoms with van der Waals surface area (Å²) in [7, 11) is 0. The van der Waals surface area contributed by atoms with Gasteiger partial charge in [-0.2, -0.15) is 0 Å². The summed E-state index contributed by atoms with van der Waals surface area (Å²) in [6.07, 6.45) is 1.48. The van der Waals surface area contributed by atoms with Gasteiger partial charge in [0, 0.05) is 18.9 Å². The number of esters is 1. The van der Waals surface area contributed by atoms with Crippen LogP contribution < -0.4 is 5.32 Å². The number of carbonyl (C=O) groups excluding carboxylic acids is 2. The van der Waals surface area contributed by atoms with Crippen LogP contribution in [0.5, 0.6) is 0 Å². The number of nitrogens with two attached hydrogens (primary N) is 1. The summed E-state index contributed by atoms with van der Waals surface area (Å²) in [5.41, 5.74) is 0.982. The van der Waals surface area contributed by atoms with E-state index in [0.717, 1.165) is 18.4 Å². The molecule has 1 aromatic carbocycles. The summed E-state index contributed by atoms with van der Waals surface area (Å²) in [4.78, 5) is 25.9. The van der Waals surface area contributed by atoms with Gasteiger partial charge in [-0.1, -0.05) is 30.3 Å². The molecule has 1 aromatic rings. The number of benzene rings is 1. The minimum atomic E-state index is -0.273. The smallest absolute Gasteiger partial charge is 0.410 e. The molecule has 2 aliphatic heterocycles. The molecule has 2 fully saturated rings. The molecule has 2 N–H and O–H groups in total. The summed E-state index contributed by atoms with van der Waals surface area (Å²) in [5, 5.41) is 2.07. The number of rotatable bonds is 4. The minimum Gasteiger partial charge on any atom is -0.462 e. The van der Waals surface area contributed by atoms with Crippen molar-refractivity contribution < 1.29 is 24.4 Å². The van der Waals surface area contributed by atoms with Crippen molar-refractivity contribution in [2.45, 2.75) is 38.5 Å². The molecule has 0 saturated carbocycles. The first-order valence-electron chi connectivity index (χ1n) is 8.64. The number of quaternary nitrogens is 1.